The second-order valence-electron chi connectivity index (χ2n) is 10.5. The molecule has 0 amide bonds. The third-order valence-corrected chi connectivity index (χ3v) is 18.6. The Hall–Kier alpha value is 0.468. The lowest BCUT2D eigenvalue weighted by molar-refractivity contribution is 0.0701. The minimum Gasteiger partial charge on any atom is -0.398 e. The van der Waals surface area contributed by atoms with Crippen molar-refractivity contribution in [1.82, 2.24) is 10.6 Å². The van der Waals surface area contributed by atoms with Crippen LogP contribution in [0.4, 0.5) is 0 Å². The molecular weight excluding hydrogens is 605 g/mol. The molecule has 0 saturated carbocycles. The summed E-state index contributed by atoms with van der Waals surface area (Å²) in [6.07, 6.45) is 6.92. The van der Waals surface area contributed by atoms with E-state index in [-0.39, 0.29) is 9.52 Å². The summed E-state index contributed by atoms with van der Waals surface area (Å²) in [5.41, 5.74) is 0. The molecule has 0 bridgehead atoms. The highest BCUT2D eigenvalue weighted by atomic mass is 28.4. The molecule has 42 heavy (non-hydrogen) atoms. The van der Waals surface area contributed by atoms with Crippen molar-refractivity contribution in [1.29, 1.82) is 0 Å². The summed E-state index contributed by atoms with van der Waals surface area (Å²) in [5.74, 6) is 0.382. The van der Waals surface area contributed by atoms with Crippen molar-refractivity contribution in [2.24, 2.45) is 0 Å². The van der Waals surface area contributed by atoms with Gasteiger partial charge in [0.2, 0.25) is 0 Å². The Bertz CT molecular complexity index is 544. The van der Waals surface area contributed by atoms with E-state index in [0.29, 0.717) is 45.4 Å². The van der Waals surface area contributed by atoms with Crippen molar-refractivity contribution in [2.75, 3.05) is 67.0 Å². The van der Waals surface area contributed by atoms with Crippen LogP contribution in [0.2, 0.25) is 30.7 Å². The predicted octanol–water partition coefficient (Wildman–Crippen LogP) is 4.84. The fourth-order valence-electron chi connectivity index (χ4n) is 5.05. The highest BCUT2D eigenvalue weighted by Gasteiger charge is 2.40. The number of nitrogens with one attached hydrogen (secondary N) is 2. The monoisotopic (exact) mass is 672 g/mol. The molecule has 0 saturated heterocycles. The Kier molecular flexibility index (Phi) is 27.0. The van der Waals surface area contributed by atoms with Gasteiger partial charge < -0.3 is 46.0 Å². The smallest absolute Gasteiger partial charge is 0.398 e. The molecule has 0 radical (unpaired) electrons. The molecule has 0 unspecified atom stereocenters. The van der Waals surface area contributed by atoms with Crippen molar-refractivity contribution in [2.45, 2.75) is 117 Å². The fraction of sp³-hybridized carbons (Fsp3) is 1.00. The average molecular weight is 673 g/mol. The van der Waals surface area contributed by atoms with Gasteiger partial charge in [-0.05, 0) is 80.1 Å². The van der Waals surface area contributed by atoms with Crippen LogP contribution in [0.5, 0.6) is 0 Å². The molecule has 2 N–H and O–H groups in total. The van der Waals surface area contributed by atoms with Crippen molar-refractivity contribution < 1.29 is 35.4 Å². The van der Waals surface area contributed by atoms with Crippen molar-refractivity contribution in [3.05, 3.63) is 0 Å². The summed E-state index contributed by atoms with van der Waals surface area (Å²) in [7, 11) is -3.95. The van der Waals surface area contributed by atoms with Crippen molar-refractivity contribution in [3.8, 4) is 0 Å². The van der Waals surface area contributed by atoms with E-state index in [2.05, 4.69) is 17.2 Å². The third-order valence-electron chi connectivity index (χ3n) is 7.27. The SMILES string of the molecule is CCO[Si](CCCNC(NCCC[Si](OCC)(OCC)OCC)[SiH2]CCCCCC[Si](C)(OC)OC)(OCC)OCC. The van der Waals surface area contributed by atoms with Gasteiger partial charge in [0.05, 0.1) is 9.52 Å². The van der Waals surface area contributed by atoms with E-state index in [1.54, 1.807) is 14.2 Å². The summed E-state index contributed by atoms with van der Waals surface area (Å²) < 4.78 is 47.6. The largest absolute Gasteiger partial charge is 0.500 e. The van der Waals surface area contributed by atoms with Gasteiger partial charge >= 0.3 is 26.2 Å². The Balaban J connectivity index is 4.91. The zero-order valence-corrected chi connectivity index (χ0v) is 33.2. The van der Waals surface area contributed by atoms with E-state index >= 15 is 0 Å². The van der Waals surface area contributed by atoms with Crippen molar-refractivity contribution in [3.63, 3.8) is 0 Å². The predicted molar refractivity (Wildman–Crippen MR) is 182 cm³/mol. The molecule has 14 heteroatoms. The van der Waals surface area contributed by atoms with E-state index in [0.717, 1.165) is 44.1 Å². The van der Waals surface area contributed by atoms with E-state index in [1.165, 1.54) is 31.7 Å². The maximum Gasteiger partial charge on any atom is 0.500 e. The highest BCUT2D eigenvalue weighted by molar-refractivity contribution is 6.65. The zero-order chi connectivity index (χ0) is 31.6. The van der Waals surface area contributed by atoms with E-state index in [1.807, 2.05) is 41.5 Å². The molecule has 0 spiro atoms. The van der Waals surface area contributed by atoms with Crippen LogP contribution in [-0.2, 0) is 35.4 Å². The first-order valence-electron chi connectivity index (χ1n) is 16.7. The Morgan fingerprint density at radius 3 is 1.26 bits per heavy atom. The molecular formula is C28H68N2O8Si4. The van der Waals surface area contributed by atoms with Crippen LogP contribution in [-0.4, -0.2) is 108 Å². The maximum atomic E-state index is 6.05. The first kappa shape index (κ1) is 42.5. The first-order valence-corrected chi connectivity index (χ1v) is 24.9. The highest BCUT2D eigenvalue weighted by Crippen LogP contribution is 2.20. The Labute approximate surface area is 264 Å². The van der Waals surface area contributed by atoms with Crippen LogP contribution in [0.25, 0.3) is 0 Å². The fourth-order valence-corrected chi connectivity index (χ4v) is 13.6. The molecule has 0 aliphatic rings. The van der Waals surface area contributed by atoms with Crippen LogP contribution >= 0.6 is 0 Å². The summed E-state index contributed by atoms with van der Waals surface area (Å²) in [6, 6.07) is 4.05. The van der Waals surface area contributed by atoms with Gasteiger partial charge in [0.1, 0.15) is 0 Å². The quantitative estimate of drug-likeness (QED) is 0.0587. The molecule has 0 aromatic carbocycles. The second-order valence-corrected chi connectivity index (χ2v) is 21.6. The third kappa shape index (κ3) is 19.1. The van der Waals surface area contributed by atoms with Crippen molar-refractivity contribution >= 4 is 35.7 Å². The number of hydrogen-bond acceptors (Lipinski definition) is 10. The van der Waals surface area contributed by atoms with Gasteiger partial charge in [-0.25, -0.2) is 0 Å². The average Bonchev–Trinajstić information content (AvgIpc) is 2.97. The summed E-state index contributed by atoms with van der Waals surface area (Å²) in [4.78, 5) is 0. The van der Waals surface area contributed by atoms with Gasteiger partial charge in [-0.2, -0.15) is 0 Å². The number of rotatable bonds is 32. The molecule has 0 aromatic rings. The van der Waals surface area contributed by atoms with Crippen LogP contribution in [0.3, 0.4) is 0 Å². The Morgan fingerprint density at radius 1 is 0.524 bits per heavy atom. The lowest BCUT2D eigenvalue weighted by Crippen LogP contribution is -2.50. The summed E-state index contributed by atoms with van der Waals surface area (Å²) in [5, 5.41) is 7.65. The molecule has 0 aliphatic heterocycles. The Morgan fingerprint density at radius 2 is 0.905 bits per heavy atom. The topological polar surface area (TPSA) is 97.9 Å². The molecule has 0 fully saturated rings. The minimum absolute atomic E-state index is 0.355. The van der Waals surface area contributed by atoms with Crippen LogP contribution in [0.15, 0.2) is 0 Å². The van der Waals surface area contributed by atoms with Crippen LogP contribution < -0.4 is 10.6 Å². The number of unbranched alkanes of at least 4 members (excludes halogenated alkanes) is 3. The maximum absolute atomic E-state index is 6.05. The minimum atomic E-state index is -2.61. The van der Waals surface area contributed by atoms with Crippen LogP contribution in [0.1, 0.15) is 80.1 Å². The van der Waals surface area contributed by atoms with Gasteiger partial charge in [-0.3, -0.25) is 0 Å². The van der Waals surface area contributed by atoms with Crippen LogP contribution in [0, 0.1) is 0 Å². The van der Waals surface area contributed by atoms with Gasteiger partial charge in [0, 0.05) is 71.7 Å². The lowest BCUT2D eigenvalue weighted by atomic mass is 10.2. The summed E-state index contributed by atoms with van der Waals surface area (Å²) >= 11 is 0. The second kappa shape index (κ2) is 26.7. The first-order chi connectivity index (χ1) is 20.3. The molecule has 0 aliphatic carbocycles. The van der Waals surface area contributed by atoms with E-state index in [9.17, 15) is 0 Å². The van der Waals surface area contributed by atoms with Gasteiger partial charge in [0.25, 0.3) is 0 Å². The molecule has 0 atom stereocenters. The summed E-state index contributed by atoms with van der Waals surface area (Å²) in [6.45, 7) is 19.8. The number of hydrogen-bond donors (Lipinski definition) is 2. The molecule has 0 aromatic heterocycles. The van der Waals surface area contributed by atoms with Gasteiger partial charge in [-0.1, -0.05) is 31.7 Å². The van der Waals surface area contributed by atoms with E-state index in [4.69, 9.17) is 35.4 Å². The normalized spacial score (nSPS) is 13.3. The molecule has 0 heterocycles. The standard InChI is InChI=1S/C28H68N2O8Si4/c1-10-33-41(34-11-2,35-12-3)26-20-22-29-28(39-24-18-16-17-19-25-40(9,31-7)32-8)30-23-21-27-42(36-13-4,37-14-5)38-15-6/h28-30H,10-27,39H2,1-9H3. The van der Waals surface area contributed by atoms with Gasteiger partial charge in [-0.15, -0.1) is 0 Å². The zero-order valence-electron chi connectivity index (χ0n) is 28.8. The van der Waals surface area contributed by atoms with E-state index < -0.39 is 26.2 Å². The molecule has 0 rings (SSSR count). The lowest BCUT2D eigenvalue weighted by Gasteiger charge is -2.29. The molecule has 254 valence electrons. The van der Waals surface area contributed by atoms with Gasteiger partial charge in [0.15, 0.2) is 0 Å². The molecule has 10 nitrogen and oxygen atoms in total.